The van der Waals surface area contributed by atoms with E-state index in [2.05, 4.69) is 6.92 Å². The van der Waals surface area contributed by atoms with Crippen LogP contribution in [0.5, 0.6) is 0 Å². The summed E-state index contributed by atoms with van der Waals surface area (Å²) in [5.41, 5.74) is 0. The molecule has 11 heavy (non-hydrogen) atoms. The summed E-state index contributed by atoms with van der Waals surface area (Å²) in [6.07, 6.45) is 0.647. The number of hydroxylamine groups is 2. The highest BCUT2D eigenvalue weighted by Crippen LogP contribution is 2.20. The number of ketones is 1. The van der Waals surface area contributed by atoms with E-state index in [0.717, 1.165) is 13.0 Å². The number of hydrogen-bond donors (Lipinski definition) is 0. The summed E-state index contributed by atoms with van der Waals surface area (Å²) in [5, 5.41) is 1.87. The summed E-state index contributed by atoms with van der Waals surface area (Å²) in [6.45, 7) is 6.53. The van der Waals surface area contributed by atoms with Gasteiger partial charge in [0, 0.05) is 19.0 Å². The first-order valence-electron chi connectivity index (χ1n) is 4.09. The average Bonchev–Trinajstić information content (AvgIpc) is 2.31. The molecule has 64 valence electrons. The van der Waals surface area contributed by atoms with Crippen molar-refractivity contribution in [1.29, 1.82) is 0 Å². The smallest absolute Gasteiger partial charge is 0.160 e. The Morgan fingerprint density at radius 1 is 1.73 bits per heavy atom. The summed E-state index contributed by atoms with van der Waals surface area (Å²) < 4.78 is 0. The van der Waals surface area contributed by atoms with Gasteiger partial charge in [0.1, 0.15) is 6.10 Å². The van der Waals surface area contributed by atoms with Crippen LogP contribution in [0.25, 0.3) is 0 Å². The summed E-state index contributed by atoms with van der Waals surface area (Å²) in [7, 11) is 0. The maximum atomic E-state index is 10.9. The van der Waals surface area contributed by atoms with Crippen molar-refractivity contribution in [2.45, 2.75) is 39.3 Å². The van der Waals surface area contributed by atoms with E-state index in [0.29, 0.717) is 6.04 Å². The molecule has 0 bridgehead atoms. The van der Waals surface area contributed by atoms with Gasteiger partial charge in [0.2, 0.25) is 0 Å². The summed E-state index contributed by atoms with van der Waals surface area (Å²) in [6, 6.07) is 0.383. The Hall–Kier alpha value is -0.410. The highest BCUT2D eigenvalue weighted by atomic mass is 16.7. The minimum absolute atomic E-state index is 0.132. The topological polar surface area (TPSA) is 29.5 Å². The molecule has 3 nitrogen and oxygen atoms in total. The zero-order valence-electron chi connectivity index (χ0n) is 7.33. The van der Waals surface area contributed by atoms with Gasteiger partial charge in [-0.3, -0.25) is 9.63 Å². The standard InChI is InChI=1S/C8H15NO2/c1-4-9-6(2)5-8(11-9)7(3)10/h6,8H,4-5H2,1-3H3. The highest BCUT2D eigenvalue weighted by Gasteiger charge is 2.31. The molecular formula is C8H15NO2. The van der Waals surface area contributed by atoms with Gasteiger partial charge >= 0.3 is 0 Å². The largest absolute Gasteiger partial charge is 0.297 e. The van der Waals surface area contributed by atoms with Gasteiger partial charge in [0.05, 0.1) is 0 Å². The van der Waals surface area contributed by atoms with Crippen molar-refractivity contribution in [3.05, 3.63) is 0 Å². The lowest BCUT2D eigenvalue weighted by atomic mass is 10.1. The Morgan fingerprint density at radius 2 is 2.36 bits per heavy atom. The molecule has 0 aromatic carbocycles. The van der Waals surface area contributed by atoms with Gasteiger partial charge in [0.15, 0.2) is 5.78 Å². The molecule has 3 heteroatoms. The lowest BCUT2D eigenvalue weighted by Gasteiger charge is -2.16. The number of carbonyl (C=O) groups excluding carboxylic acids is 1. The molecular weight excluding hydrogens is 142 g/mol. The van der Waals surface area contributed by atoms with Crippen LogP contribution in [0.1, 0.15) is 27.2 Å². The fourth-order valence-electron chi connectivity index (χ4n) is 1.36. The van der Waals surface area contributed by atoms with Crippen LogP contribution in [-0.4, -0.2) is 29.5 Å². The summed E-state index contributed by atoms with van der Waals surface area (Å²) in [4.78, 5) is 16.3. The fourth-order valence-corrected chi connectivity index (χ4v) is 1.36. The lowest BCUT2D eigenvalue weighted by molar-refractivity contribution is -0.167. The quantitative estimate of drug-likeness (QED) is 0.598. The molecule has 0 amide bonds. The van der Waals surface area contributed by atoms with Gasteiger partial charge in [-0.2, -0.15) is 5.06 Å². The van der Waals surface area contributed by atoms with E-state index in [-0.39, 0.29) is 11.9 Å². The van der Waals surface area contributed by atoms with Crippen molar-refractivity contribution in [2.24, 2.45) is 0 Å². The maximum Gasteiger partial charge on any atom is 0.160 e. The number of rotatable bonds is 2. The molecule has 1 aliphatic heterocycles. The normalized spacial score (nSPS) is 32.6. The first kappa shape index (κ1) is 8.68. The molecule has 1 rings (SSSR count). The van der Waals surface area contributed by atoms with Crippen molar-refractivity contribution in [2.75, 3.05) is 6.54 Å². The molecule has 1 heterocycles. The second-order valence-electron chi connectivity index (χ2n) is 3.02. The summed E-state index contributed by atoms with van der Waals surface area (Å²) >= 11 is 0. The zero-order chi connectivity index (χ0) is 8.43. The number of nitrogens with zero attached hydrogens (tertiary/aromatic N) is 1. The first-order chi connectivity index (χ1) is 5.15. The second kappa shape index (κ2) is 3.32. The Balaban J connectivity index is 2.49. The molecule has 2 unspecified atom stereocenters. The van der Waals surface area contributed by atoms with E-state index < -0.39 is 0 Å². The molecule has 1 fully saturated rings. The molecule has 0 spiro atoms. The van der Waals surface area contributed by atoms with Crippen LogP contribution in [0.2, 0.25) is 0 Å². The molecule has 2 atom stereocenters. The van der Waals surface area contributed by atoms with Crippen molar-refractivity contribution in [3.8, 4) is 0 Å². The summed E-state index contributed by atoms with van der Waals surface area (Å²) in [5.74, 6) is 0.132. The molecule has 0 radical (unpaired) electrons. The fraction of sp³-hybridized carbons (Fsp3) is 0.875. The van der Waals surface area contributed by atoms with Crippen molar-refractivity contribution < 1.29 is 9.63 Å². The lowest BCUT2D eigenvalue weighted by Crippen LogP contribution is -2.25. The second-order valence-corrected chi connectivity index (χ2v) is 3.02. The first-order valence-corrected chi connectivity index (χ1v) is 4.09. The number of Topliss-reactive ketones (excluding diaryl/α,β-unsaturated/α-hetero) is 1. The van der Waals surface area contributed by atoms with Gasteiger partial charge in [-0.25, -0.2) is 0 Å². The molecule has 0 saturated carbocycles. The SMILES string of the molecule is CCN1OC(C(C)=O)CC1C. The van der Waals surface area contributed by atoms with Crippen molar-refractivity contribution in [3.63, 3.8) is 0 Å². The molecule has 0 N–H and O–H groups in total. The van der Waals surface area contributed by atoms with Crippen molar-refractivity contribution in [1.82, 2.24) is 5.06 Å². The third kappa shape index (κ3) is 1.79. The zero-order valence-corrected chi connectivity index (χ0v) is 7.33. The van der Waals surface area contributed by atoms with Crippen LogP contribution >= 0.6 is 0 Å². The molecule has 0 aromatic heterocycles. The Labute approximate surface area is 67.3 Å². The van der Waals surface area contributed by atoms with E-state index in [4.69, 9.17) is 4.84 Å². The van der Waals surface area contributed by atoms with Gasteiger partial charge < -0.3 is 0 Å². The highest BCUT2D eigenvalue weighted by molar-refractivity contribution is 5.80. The maximum absolute atomic E-state index is 10.9. The van der Waals surface area contributed by atoms with Crippen LogP contribution in [-0.2, 0) is 9.63 Å². The average molecular weight is 157 g/mol. The minimum atomic E-state index is -0.190. The molecule has 0 aromatic rings. The van der Waals surface area contributed by atoms with Gasteiger partial charge in [-0.15, -0.1) is 0 Å². The Morgan fingerprint density at radius 3 is 2.64 bits per heavy atom. The van der Waals surface area contributed by atoms with E-state index in [9.17, 15) is 4.79 Å². The van der Waals surface area contributed by atoms with Crippen LogP contribution < -0.4 is 0 Å². The molecule has 1 aliphatic rings. The van der Waals surface area contributed by atoms with Crippen LogP contribution in [0.3, 0.4) is 0 Å². The van der Waals surface area contributed by atoms with E-state index in [1.165, 1.54) is 0 Å². The monoisotopic (exact) mass is 157 g/mol. The van der Waals surface area contributed by atoms with Crippen LogP contribution in [0.15, 0.2) is 0 Å². The van der Waals surface area contributed by atoms with E-state index in [1.807, 2.05) is 12.0 Å². The molecule has 0 aliphatic carbocycles. The van der Waals surface area contributed by atoms with Crippen LogP contribution in [0, 0.1) is 0 Å². The van der Waals surface area contributed by atoms with E-state index in [1.54, 1.807) is 6.92 Å². The van der Waals surface area contributed by atoms with E-state index >= 15 is 0 Å². The Kier molecular flexibility index (Phi) is 2.62. The number of carbonyl (C=O) groups is 1. The van der Waals surface area contributed by atoms with Gasteiger partial charge in [-0.1, -0.05) is 6.92 Å². The van der Waals surface area contributed by atoms with Crippen molar-refractivity contribution >= 4 is 5.78 Å². The number of hydrogen-bond acceptors (Lipinski definition) is 3. The third-order valence-electron chi connectivity index (χ3n) is 2.07. The van der Waals surface area contributed by atoms with Crippen LogP contribution in [0.4, 0.5) is 0 Å². The Bertz CT molecular complexity index is 158. The predicted octanol–water partition coefficient (Wildman–Crippen LogP) is 0.990. The predicted molar refractivity (Wildman–Crippen MR) is 42.0 cm³/mol. The van der Waals surface area contributed by atoms with Gasteiger partial charge in [0.25, 0.3) is 0 Å². The molecule has 1 saturated heterocycles. The third-order valence-corrected chi connectivity index (χ3v) is 2.07. The van der Waals surface area contributed by atoms with Gasteiger partial charge in [-0.05, 0) is 13.8 Å². The minimum Gasteiger partial charge on any atom is -0.297 e.